The number of methoxy groups -OCH3 is 1. The van der Waals surface area contributed by atoms with Crippen molar-refractivity contribution in [2.45, 2.75) is 6.54 Å². The molecule has 0 amide bonds. The number of carboxylic acids is 1. The summed E-state index contributed by atoms with van der Waals surface area (Å²) in [5.74, 6) is -1.41. The Morgan fingerprint density at radius 1 is 1.50 bits per heavy atom. The topological polar surface area (TPSA) is 64.4 Å². The highest BCUT2D eigenvalue weighted by Gasteiger charge is 2.19. The molecular weight excluding hydrogens is 239 g/mol. The molecule has 2 rings (SSSR count). The fraction of sp³-hybridized carbons (Fsp3) is 0.167. The molecule has 1 aromatic carbocycles. The van der Waals surface area contributed by atoms with E-state index in [1.54, 1.807) is 18.2 Å². The van der Waals surface area contributed by atoms with Crippen molar-refractivity contribution in [1.82, 2.24) is 9.78 Å². The zero-order chi connectivity index (χ0) is 13.1. The van der Waals surface area contributed by atoms with E-state index in [9.17, 15) is 9.18 Å². The second-order valence-corrected chi connectivity index (χ2v) is 3.62. The van der Waals surface area contributed by atoms with Crippen molar-refractivity contribution in [3.63, 3.8) is 0 Å². The van der Waals surface area contributed by atoms with Crippen LogP contribution in [0.1, 0.15) is 16.1 Å². The predicted octanol–water partition coefficient (Wildman–Crippen LogP) is 1.78. The molecule has 5 nitrogen and oxygen atoms in total. The predicted molar refractivity (Wildman–Crippen MR) is 61.2 cm³/mol. The Morgan fingerprint density at radius 3 is 2.83 bits per heavy atom. The summed E-state index contributed by atoms with van der Waals surface area (Å²) in [4.78, 5) is 11.1. The first kappa shape index (κ1) is 12.1. The number of rotatable bonds is 4. The lowest BCUT2D eigenvalue weighted by Gasteiger charge is -2.06. The van der Waals surface area contributed by atoms with Crippen molar-refractivity contribution < 1.29 is 19.0 Å². The quantitative estimate of drug-likeness (QED) is 0.898. The van der Waals surface area contributed by atoms with Gasteiger partial charge in [0.25, 0.3) is 0 Å². The number of ether oxygens (including phenoxy) is 1. The van der Waals surface area contributed by atoms with E-state index >= 15 is 0 Å². The molecule has 0 aliphatic rings. The smallest absolute Gasteiger partial charge is 0.358 e. The third kappa shape index (κ3) is 2.17. The van der Waals surface area contributed by atoms with Crippen molar-refractivity contribution in [2.75, 3.05) is 7.11 Å². The Balaban J connectivity index is 2.38. The fourth-order valence-corrected chi connectivity index (χ4v) is 1.64. The number of halogens is 1. The highest BCUT2D eigenvalue weighted by molar-refractivity contribution is 5.88. The minimum Gasteiger partial charge on any atom is -0.493 e. The number of carbonyl (C=O) groups is 1. The molecule has 0 spiro atoms. The second-order valence-electron chi connectivity index (χ2n) is 3.62. The Bertz CT molecular complexity index is 580. The summed E-state index contributed by atoms with van der Waals surface area (Å²) in [5, 5.41) is 13.0. The molecule has 0 saturated carbocycles. The van der Waals surface area contributed by atoms with E-state index in [2.05, 4.69) is 5.10 Å². The van der Waals surface area contributed by atoms with Gasteiger partial charge in [0.1, 0.15) is 5.82 Å². The van der Waals surface area contributed by atoms with Crippen LogP contribution in [0.15, 0.2) is 30.5 Å². The largest absolute Gasteiger partial charge is 0.493 e. The highest BCUT2D eigenvalue weighted by Crippen LogP contribution is 2.19. The number of aromatic carboxylic acids is 1. The summed E-state index contributed by atoms with van der Waals surface area (Å²) >= 11 is 0. The first-order chi connectivity index (χ1) is 8.63. The van der Waals surface area contributed by atoms with Crippen LogP contribution in [0.25, 0.3) is 0 Å². The summed E-state index contributed by atoms with van der Waals surface area (Å²) < 4.78 is 19.6. The molecular formula is C12H11FN2O3. The maximum absolute atomic E-state index is 13.5. The van der Waals surface area contributed by atoms with Gasteiger partial charge in [0.15, 0.2) is 11.4 Å². The maximum Gasteiger partial charge on any atom is 0.358 e. The van der Waals surface area contributed by atoms with Gasteiger partial charge in [-0.1, -0.05) is 18.2 Å². The molecule has 0 atom stereocenters. The molecule has 0 saturated heterocycles. The average molecular weight is 250 g/mol. The minimum atomic E-state index is -1.17. The van der Waals surface area contributed by atoms with E-state index in [1.807, 2.05) is 0 Å². The van der Waals surface area contributed by atoms with Gasteiger partial charge in [-0.25, -0.2) is 9.18 Å². The summed E-state index contributed by atoms with van der Waals surface area (Å²) in [6.45, 7) is 0.0394. The molecule has 6 heteroatoms. The van der Waals surface area contributed by atoms with Gasteiger partial charge in [0.05, 0.1) is 19.9 Å². The van der Waals surface area contributed by atoms with Crippen molar-refractivity contribution in [3.8, 4) is 5.75 Å². The van der Waals surface area contributed by atoms with E-state index < -0.39 is 11.8 Å². The molecule has 0 bridgehead atoms. The van der Waals surface area contributed by atoms with Gasteiger partial charge in [-0.3, -0.25) is 4.68 Å². The number of hydrogen-bond donors (Lipinski definition) is 1. The molecule has 18 heavy (non-hydrogen) atoms. The lowest BCUT2D eigenvalue weighted by Crippen LogP contribution is -2.12. The summed E-state index contributed by atoms with van der Waals surface area (Å²) in [6.07, 6.45) is 1.30. The zero-order valence-corrected chi connectivity index (χ0v) is 9.63. The molecule has 0 aliphatic heterocycles. The van der Waals surface area contributed by atoms with Crippen LogP contribution in [0.2, 0.25) is 0 Å². The first-order valence-electron chi connectivity index (χ1n) is 5.20. The van der Waals surface area contributed by atoms with Crippen LogP contribution < -0.4 is 4.74 Å². The fourth-order valence-electron chi connectivity index (χ4n) is 1.64. The second kappa shape index (κ2) is 4.87. The molecule has 94 valence electrons. The van der Waals surface area contributed by atoms with Crippen LogP contribution in [0, 0.1) is 5.82 Å². The van der Waals surface area contributed by atoms with Gasteiger partial charge in [0.2, 0.25) is 0 Å². The third-order valence-electron chi connectivity index (χ3n) is 2.51. The van der Waals surface area contributed by atoms with Crippen molar-refractivity contribution in [2.24, 2.45) is 0 Å². The number of nitrogens with zero attached hydrogens (tertiary/aromatic N) is 2. The molecule has 1 N–H and O–H groups in total. The van der Waals surface area contributed by atoms with Gasteiger partial charge >= 0.3 is 5.97 Å². The van der Waals surface area contributed by atoms with Crippen LogP contribution in [0.4, 0.5) is 4.39 Å². The summed E-state index contributed by atoms with van der Waals surface area (Å²) in [7, 11) is 1.36. The van der Waals surface area contributed by atoms with Gasteiger partial charge in [-0.15, -0.1) is 0 Å². The molecule has 0 radical (unpaired) electrons. The Labute approximate surface area is 102 Å². The highest BCUT2D eigenvalue weighted by atomic mass is 19.1. The zero-order valence-electron chi connectivity index (χ0n) is 9.63. The van der Waals surface area contributed by atoms with Crippen LogP contribution in [-0.2, 0) is 6.54 Å². The SMILES string of the molecule is COc1cnn(Cc2ccccc2F)c1C(=O)O. The van der Waals surface area contributed by atoms with E-state index in [4.69, 9.17) is 9.84 Å². The Hall–Kier alpha value is -2.37. The summed E-state index contributed by atoms with van der Waals surface area (Å²) in [5.41, 5.74) is 0.270. The minimum absolute atomic E-state index is 0.0394. The van der Waals surface area contributed by atoms with E-state index in [0.29, 0.717) is 5.56 Å². The number of benzene rings is 1. The normalized spacial score (nSPS) is 10.3. The van der Waals surface area contributed by atoms with Crippen molar-refractivity contribution >= 4 is 5.97 Å². The van der Waals surface area contributed by atoms with E-state index in [-0.39, 0.29) is 18.0 Å². The lowest BCUT2D eigenvalue weighted by molar-refractivity contribution is 0.0680. The maximum atomic E-state index is 13.5. The molecule has 2 aromatic rings. The third-order valence-corrected chi connectivity index (χ3v) is 2.51. The average Bonchev–Trinajstić information content (AvgIpc) is 2.75. The number of carboxylic acid groups (broad SMARTS) is 1. The van der Waals surface area contributed by atoms with E-state index in [0.717, 1.165) is 0 Å². The molecule has 1 aromatic heterocycles. The molecule has 1 heterocycles. The van der Waals surface area contributed by atoms with E-state index in [1.165, 1.54) is 24.1 Å². The Morgan fingerprint density at radius 2 is 2.22 bits per heavy atom. The Kier molecular flexibility index (Phi) is 3.27. The van der Waals surface area contributed by atoms with Crippen molar-refractivity contribution in [1.29, 1.82) is 0 Å². The van der Waals surface area contributed by atoms with Gasteiger partial charge in [0, 0.05) is 5.56 Å². The first-order valence-corrected chi connectivity index (χ1v) is 5.20. The summed E-state index contributed by atoms with van der Waals surface area (Å²) in [6, 6.07) is 6.14. The van der Waals surface area contributed by atoms with Gasteiger partial charge in [-0.05, 0) is 6.07 Å². The van der Waals surface area contributed by atoms with Gasteiger partial charge < -0.3 is 9.84 Å². The van der Waals surface area contributed by atoms with Crippen molar-refractivity contribution in [3.05, 3.63) is 47.5 Å². The standard InChI is InChI=1S/C12H11FN2O3/c1-18-10-6-14-15(11(10)12(16)17)7-8-4-2-3-5-9(8)13/h2-6H,7H2,1H3,(H,16,17). The number of hydrogen-bond acceptors (Lipinski definition) is 3. The van der Waals surface area contributed by atoms with Crippen LogP contribution in [0.5, 0.6) is 5.75 Å². The molecule has 0 aliphatic carbocycles. The number of aromatic nitrogens is 2. The monoisotopic (exact) mass is 250 g/mol. The van der Waals surface area contributed by atoms with Crippen LogP contribution in [-0.4, -0.2) is 28.0 Å². The van der Waals surface area contributed by atoms with Crippen LogP contribution in [0.3, 0.4) is 0 Å². The van der Waals surface area contributed by atoms with Gasteiger partial charge in [-0.2, -0.15) is 5.10 Å². The van der Waals surface area contributed by atoms with Crippen LogP contribution >= 0.6 is 0 Å². The molecule has 0 fully saturated rings. The molecule has 0 unspecified atom stereocenters. The lowest BCUT2D eigenvalue weighted by atomic mass is 10.2.